The molecule has 1 aromatic rings. The summed E-state index contributed by atoms with van der Waals surface area (Å²) >= 11 is 5.63. The van der Waals surface area contributed by atoms with Crippen LogP contribution in [0.5, 0.6) is 0 Å². The molecule has 1 rings (SSSR count). The van der Waals surface area contributed by atoms with Gasteiger partial charge in [-0.25, -0.2) is 0 Å². The Morgan fingerprint density at radius 2 is 2.00 bits per heavy atom. The van der Waals surface area contributed by atoms with Crippen molar-refractivity contribution in [3.63, 3.8) is 0 Å². The summed E-state index contributed by atoms with van der Waals surface area (Å²) in [6, 6.07) is 6.07. The highest BCUT2D eigenvalue weighted by molar-refractivity contribution is 14.1. The van der Waals surface area contributed by atoms with Gasteiger partial charge in [-0.3, -0.25) is 0 Å². The maximum atomic E-state index is 3.81. The molecule has 1 radical (unpaired) electrons. The van der Waals surface area contributed by atoms with Gasteiger partial charge in [-0.15, -0.1) is 0 Å². The van der Waals surface area contributed by atoms with Crippen LogP contribution in [0, 0.1) is 10.5 Å². The highest BCUT2D eigenvalue weighted by atomic mass is 127. The van der Waals surface area contributed by atoms with Crippen molar-refractivity contribution in [2.45, 2.75) is 0 Å². The number of hydrogen-bond donors (Lipinski definition) is 0. The van der Waals surface area contributed by atoms with Crippen LogP contribution in [0.1, 0.15) is 5.56 Å². The average molecular weight is 296 g/mol. The normalized spacial score (nSPS) is 9.67. The predicted octanol–water partition coefficient (Wildman–Crippen LogP) is 3.24. The molecular formula is C7H5BrI. The minimum Gasteiger partial charge on any atom is -0.0508 e. The van der Waals surface area contributed by atoms with Gasteiger partial charge in [0.05, 0.1) is 0 Å². The van der Waals surface area contributed by atoms with Crippen molar-refractivity contribution < 1.29 is 0 Å². The van der Waals surface area contributed by atoms with Crippen LogP contribution in [0.4, 0.5) is 0 Å². The first-order chi connectivity index (χ1) is 4.18. The molecule has 0 aliphatic rings. The third-order valence-electron chi connectivity index (χ3n) is 0.922. The average Bonchev–Trinajstić information content (AvgIpc) is 1.59. The molecule has 0 amide bonds. The van der Waals surface area contributed by atoms with Crippen LogP contribution in [-0.4, -0.2) is 0 Å². The van der Waals surface area contributed by atoms with Crippen LogP contribution in [0.25, 0.3) is 0 Å². The third-order valence-corrected chi connectivity index (χ3v) is 2.00. The standard InChI is InChI=1S/C7H5BrI/c1-5-2-6(8)4-7(9)3-5/h2-4H,1H2. The van der Waals surface area contributed by atoms with Gasteiger partial charge in [0.15, 0.2) is 0 Å². The minimum absolute atomic E-state index is 1.05. The Hall–Kier alpha value is 0.430. The zero-order chi connectivity index (χ0) is 6.85. The van der Waals surface area contributed by atoms with Gasteiger partial charge in [0.1, 0.15) is 0 Å². The highest BCUT2D eigenvalue weighted by Crippen LogP contribution is 2.16. The summed E-state index contributed by atoms with van der Waals surface area (Å²) < 4.78 is 2.31. The minimum atomic E-state index is 1.05. The van der Waals surface area contributed by atoms with Gasteiger partial charge in [0, 0.05) is 8.04 Å². The molecule has 0 fully saturated rings. The van der Waals surface area contributed by atoms with Gasteiger partial charge in [-0.05, 0) is 53.3 Å². The number of hydrogen-bond acceptors (Lipinski definition) is 0. The van der Waals surface area contributed by atoms with E-state index in [1.807, 2.05) is 12.1 Å². The van der Waals surface area contributed by atoms with Gasteiger partial charge in [-0.2, -0.15) is 0 Å². The van der Waals surface area contributed by atoms with Gasteiger partial charge >= 0.3 is 0 Å². The molecule has 0 unspecified atom stereocenters. The van der Waals surface area contributed by atoms with E-state index in [-0.39, 0.29) is 0 Å². The van der Waals surface area contributed by atoms with Crippen LogP contribution in [0.2, 0.25) is 0 Å². The molecule has 0 aliphatic carbocycles. The summed E-state index contributed by atoms with van der Waals surface area (Å²) in [5.74, 6) is 0. The molecule has 0 heterocycles. The monoisotopic (exact) mass is 295 g/mol. The van der Waals surface area contributed by atoms with Crippen LogP contribution < -0.4 is 0 Å². The molecule has 0 atom stereocenters. The molecule has 0 bridgehead atoms. The molecule has 0 saturated heterocycles. The van der Waals surface area contributed by atoms with Crippen molar-refractivity contribution >= 4 is 38.5 Å². The largest absolute Gasteiger partial charge is 0.0508 e. The van der Waals surface area contributed by atoms with Crippen LogP contribution >= 0.6 is 38.5 Å². The molecule has 0 aromatic heterocycles. The second-order valence-corrected chi connectivity index (χ2v) is 3.94. The quantitative estimate of drug-likeness (QED) is 0.645. The van der Waals surface area contributed by atoms with E-state index in [4.69, 9.17) is 0 Å². The molecule has 0 nitrogen and oxygen atoms in total. The fourth-order valence-corrected chi connectivity index (χ4v) is 2.32. The topological polar surface area (TPSA) is 0 Å². The first kappa shape index (κ1) is 7.54. The lowest BCUT2D eigenvalue weighted by molar-refractivity contribution is 1.53. The Morgan fingerprint density at radius 1 is 1.33 bits per heavy atom. The Kier molecular flexibility index (Phi) is 2.52. The van der Waals surface area contributed by atoms with Crippen LogP contribution in [-0.2, 0) is 0 Å². The van der Waals surface area contributed by atoms with E-state index in [2.05, 4.69) is 51.5 Å². The predicted molar refractivity (Wildman–Crippen MR) is 51.3 cm³/mol. The Bertz CT molecular complexity index is 170. The SMILES string of the molecule is [CH2]c1cc(Br)cc(I)c1. The molecule has 0 spiro atoms. The Morgan fingerprint density at radius 3 is 2.44 bits per heavy atom. The highest BCUT2D eigenvalue weighted by Gasteiger charge is 1.90. The van der Waals surface area contributed by atoms with Crippen LogP contribution in [0.15, 0.2) is 22.7 Å². The molecule has 0 N–H and O–H groups in total. The van der Waals surface area contributed by atoms with Crippen molar-refractivity contribution in [3.8, 4) is 0 Å². The van der Waals surface area contributed by atoms with Crippen molar-refractivity contribution in [1.29, 1.82) is 0 Å². The van der Waals surface area contributed by atoms with E-state index in [1.54, 1.807) is 0 Å². The summed E-state index contributed by atoms with van der Waals surface area (Å²) in [7, 11) is 0. The zero-order valence-electron chi connectivity index (χ0n) is 4.70. The van der Waals surface area contributed by atoms with Gasteiger partial charge in [0.2, 0.25) is 0 Å². The fraction of sp³-hybridized carbons (Fsp3) is 0. The fourth-order valence-electron chi connectivity index (χ4n) is 0.611. The van der Waals surface area contributed by atoms with Crippen molar-refractivity contribution in [2.24, 2.45) is 0 Å². The summed E-state index contributed by atoms with van der Waals surface area (Å²) in [6.07, 6.45) is 0. The molecule has 0 saturated carbocycles. The molecular weight excluding hydrogens is 291 g/mol. The van der Waals surface area contributed by atoms with E-state index in [9.17, 15) is 0 Å². The summed E-state index contributed by atoms with van der Waals surface area (Å²) in [5, 5.41) is 0. The van der Waals surface area contributed by atoms with Crippen LogP contribution in [0.3, 0.4) is 0 Å². The Balaban J connectivity index is 3.17. The van der Waals surface area contributed by atoms with Gasteiger partial charge < -0.3 is 0 Å². The Labute approximate surface area is 76.9 Å². The molecule has 9 heavy (non-hydrogen) atoms. The second kappa shape index (κ2) is 3.01. The lowest BCUT2D eigenvalue weighted by Gasteiger charge is -1.94. The van der Waals surface area contributed by atoms with E-state index in [0.29, 0.717) is 0 Å². The van der Waals surface area contributed by atoms with Crippen molar-refractivity contribution in [1.82, 2.24) is 0 Å². The second-order valence-electron chi connectivity index (χ2n) is 1.78. The summed E-state index contributed by atoms with van der Waals surface area (Å²) in [5.41, 5.74) is 1.05. The molecule has 1 aromatic carbocycles. The maximum Gasteiger partial charge on any atom is 0.0188 e. The molecule has 2 heteroatoms. The van der Waals surface area contributed by atoms with Crippen molar-refractivity contribution in [3.05, 3.63) is 38.7 Å². The zero-order valence-corrected chi connectivity index (χ0v) is 8.44. The first-order valence-electron chi connectivity index (χ1n) is 2.46. The maximum absolute atomic E-state index is 3.81. The van der Waals surface area contributed by atoms with E-state index >= 15 is 0 Å². The van der Waals surface area contributed by atoms with E-state index in [0.717, 1.165) is 10.0 Å². The van der Waals surface area contributed by atoms with Crippen molar-refractivity contribution in [2.75, 3.05) is 0 Å². The molecule has 0 aliphatic heterocycles. The smallest absolute Gasteiger partial charge is 0.0188 e. The lowest BCUT2D eigenvalue weighted by atomic mass is 10.2. The number of benzene rings is 1. The number of rotatable bonds is 0. The molecule has 47 valence electrons. The third kappa shape index (κ3) is 2.26. The van der Waals surface area contributed by atoms with Gasteiger partial charge in [-0.1, -0.05) is 15.9 Å². The number of halogens is 2. The lowest BCUT2D eigenvalue weighted by Crippen LogP contribution is -1.74. The van der Waals surface area contributed by atoms with E-state index in [1.165, 1.54) is 3.57 Å². The summed E-state index contributed by atoms with van der Waals surface area (Å²) in [4.78, 5) is 0. The van der Waals surface area contributed by atoms with Gasteiger partial charge in [0.25, 0.3) is 0 Å². The first-order valence-corrected chi connectivity index (χ1v) is 4.34. The summed E-state index contributed by atoms with van der Waals surface area (Å²) in [6.45, 7) is 3.81. The van der Waals surface area contributed by atoms with E-state index < -0.39 is 0 Å².